The van der Waals surface area contributed by atoms with E-state index in [0.29, 0.717) is 25.6 Å². The zero-order valence-electron chi connectivity index (χ0n) is 14.5. The number of hydrogen-bond donors (Lipinski definition) is 1. The summed E-state index contributed by atoms with van der Waals surface area (Å²) in [6.45, 7) is 4.70. The van der Waals surface area contributed by atoms with Gasteiger partial charge >= 0.3 is 0 Å². The Morgan fingerprint density at radius 1 is 1.23 bits per heavy atom. The van der Waals surface area contributed by atoms with Crippen LogP contribution in [0.15, 0.2) is 42.9 Å². The molecule has 0 fully saturated rings. The summed E-state index contributed by atoms with van der Waals surface area (Å²) in [6.07, 6.45) is 5.22. The van der Waals surface area contributed by atoms with Crippen LogP contribution in [-0.2, 0) is 13.1 Å². The smallest absolute Gasteiger partial charge is 0.264 e. The third-order valence-corrected chi connectivity index (χ3v) is 5.41. The van der Waals surface area contributed by atoms with Crippen LogP contribution in [0.1, 0.15) is 20.2 Å². The predicted octanol–water partition coefficient (Wildman–Crippen LogP) is 2.43. The minimum atomic E-state index is 0.0821. The summed E-state index contributed by atoms with van der Waals surface area (Å²) in [5.41, 5.74) is 1.06. The molecule has 1 N–H and O–H groups in total. The molecule has 3 aromatic heterocycles. The first-order valence-corrected chi connectivity index (χ1v) is 9.38. The molecule has 1 atom stereocenters. The van der Waals surface area contributed by atoms with Crippen LogP contribution >= 0.6 is 11.3 Å². The molecule has 1 amide bonds. The highest BCUT2D eigenvalue weighted by molar-refractivity contribution is 7.13. The molecule has 1 aliphatic heterocycles. The second-order valence-corrected chi connectivity index (χ2v) is 7.71. The monoisotopic (exact) mass is 368 g/mol. The molecule has 0 saturated carbocycles. The second kappa shape index (κ2) is 7.25. The van der Waals surface area contributed by atoms with E-state index in [4.69, 9.17) is 0 Å². The summed E-state index contributed by atoms with van der Waals surface area (Å²) in [5, 5.41) is 7.68. The van der Waals surface area contributed by atoms with Gasteiger partial charge in [0.15, 0.2) is 0 Å². The molecule has 26 heavy (non-hydrogen) atoms. The highest BCUT2D eigenvalue weighted by Crippen LogP contribution is 2.22. The average Bonchev–Trinajstić information content (AvgIpc) is 3.24. The maximum Gasteiger partial charge on any atom is 0.264 e. The van der Waals surface area contributed by atoms with Gasteiger partial charge in [-0.05, 0) is 31.2 Å². The highest BCUT2D eigenvalue weighted by Gasteiger charge is 2.27. The standard InChI is InChI=1S/C18H20N6OS/c1-13-3-4-16(26-13)17(25)23-10-14(9-21-18-19-6-2-7-20-18)11-24-15(12-23)5-8-22-24/h2-8,14H,9-12H2,1H3,(H,19,20,21)/t14-/m0/s1. The maximum atomic E-state index is 13.0. The van der Waals surface area contributed by atoms with Gasteiger partial charge in [-0.15, -0.1) is 11.3 Å². The van der Waals surface area contributed by atoms with Gasteiger partial charge in [-0.2, -0.15) is 5.10 Å². The molecule has 0 radical (unpaired) electrons. The Kier molecular flexibility index (Phi) is 4.66. The number of aromatic nitrogens is 4. The van der Waals surface area contributed by atoms with Crippen LogP contribution in [0.3, 0.4) is 0 Å². The van der Waals surface area contributed by atoms with Gasteiger partial charge in [-0.25, -0.2) is 9.97 Å². The number of hydrogen-bond acceptors (Lipinski definition) is 6. The van der Waals surface area contributed by atoms with E-state index in [0.717, 1.165) is 22.0 Å². The lowest BCUT2D eigenvalue weighted by Gasteiger charge is -2.24. The van der Waals surface area contributed by atoms with E-state index in [1.165, 1.54) is 0 Å². The largest absolute Gasteiger partial charge is 0.354 e. The molecule has 7 nitrogen and oxygen atoms in total. The SMILES string of the molecule is Cc1ccc(C(=O)N2Cc3ccnn3C[C@@H](CNc3ncccn3)C2)s1. The van der Waals surface area contributed by atoms with Crippen molar-refractivity contribution < 1.29 is 4.79 Å². The van der Waals surface area contributed by atoms with Crippen molar-refractivity contribution in [2.45, 2.75) is 20.0 Å². The Hall–Kier alpha value is -2.74. The molecular weight excluding hydrogens is 348 g/mol. The Balaban J connectivity index is 1.52. The van der Waals surface area contributed by atoms with Crippen LogP contribution in [0, 0.1) is 12.8 Å². The summed E-state index contributed by atoms with van der Waals surface area (Å²) in [4.78, 5) is 25.2. The highest BCUT2D eigenvalue weighted by atomic mass is 32.1. The van der Waals surface area contributed by atoms with Gasteiger partial charge in [0.05, 0.1) is 17.1 Å². The summed E-state index contributed by atoms with van der Waals surface area (Å²) in [5.74, 6) is 0.896. The minimum absolute atomic E-state index is 0.0821. The van der Waals surface area contributed by atoms with Crippen molar-refractivity contribution in [1.29, 1.82) is 0 Å². The lowest BCUT2D eigenvalue weighted by atomic mass is 10.1. The third kappa shape index (κ3) is 3.60. The zero-order valence-corrected chi connectivity index (χ0v) is 15.3. The van der Waals surface area contributed by atoms with Crippen LogP contribution in [0.4, 0.5) is 5.95 Å². The van der Waals surface area contributed by atoms with Crippen LogP contribution in [0.25, 0.3) is 0 Å². The van der Waals surface area contributed by atoms with Gasteiger partial charge in [-0.3, -0.25) is 9.48 Å². The molecule has 8 heteroatoms. The number of thiophene rings is 1. The number of rotatable bonds is 4. The number of amides is 1. The number of carbonyl (C=O) groups is 1. The van der Waals surface area contributed by atoms with Crippen molar-refractivity contribution in [3.05, 3.63) is 58.3 Å². The molecule has 0 saturated heterocycles. The molecule has 0 spiro atoms. The number of nitrogens with one attached hydrogen (secondary N) is 1. The molecular formula is C18H20N6OS. The Morgan fingerprint density at radius 3 is 2.85 bits per heavy atom. The lowest BCUT2D eigenvalue weighted by Crippen LogP contribution is -2.35. The van der Waals surface area contributed by atoms with Crippen molar-refractivity contribution in [2.24, 2.45) is 5.92 Å². The van der Waals surface area contributed by atoms with Gasteiger partial charge in [0.2, 0.25) is 5.95 Å². The quantitative estimate of drug-likeness (QED) is 0.765. The van der Waals surface area contributed by atoms with E-state index in [9.17, 15) is 4.79 Å². The number of anilines is 1. The molecule has 0 unspecified atom stereocenters. The fourth-order valence-electron chi connectivity index (χ4n) is 3.15. The first-order valence-electron chi connectivity index (χ1n) is 8.56. The second-order valence-electron chi connectivity index (χ2n) is 6.42. The summed E-state index contributed by atoms with van der Waals surface area (Å²) in [7, 11) is 0. The van der Waals surface area contributed by atoms with E-state index in [-0.39, 0.29) is 11.8 Å². The van der Waals surface area contributed by atoms with E-state index >= 15 is 0 Å². The van der Waals surface area contributed by atoms with E-state index in [1.807, 2.05) is 34.7 Å². The van der Waals surface area contributed by atoms with Gasteiger partial charge in [0.25, 0.3) is 5.91 Å². The van der Waals surface area contributed by atoms with Crippen molar-refractivity contribution >= 4 is 23.2 Å². The number of carbonyl (C=O) groups excluding carboxylic acids is 1. The summed E-state index contributed by atoms with van der Waals surface area (Å²) < 4.78 is 1.99. The maximum absolute atomic E-state index is 13.0. The van der Waals surface area contributed by atoms with Gasteiger partial charge in [0, 0.05) is 49.0 Å². The van der Waals surface area contributed by atoms with Crippen molar-refractivity contribution in [3.8, 4) is 0 Å². The Morgan fingerprint density at radius 2 is 2.08 bits per heavy atom. The van der Waals surface area contributed by atoms with Crippen molar-refractivity contribution in [3.63, 3.8) is 0 Å². The molecule has 0 aliphatic carbocycles. The molecule has 4 heterocycles. The van der Waals surface area contributed by atoms with Crippen LogP contribution < -0.4 is 5.32 Å². The van der Waals surface area contributed by atoms with E-state index < -0.39 is 0 Å². The molecule has 1 aliphatic rings. The number of nitrogens with zero attached hydrogens (tertiary/aromatic N) is 5. The first-order chi connectivity index (χ1) is 12.7. The fourth-order valence-corrected chi connectivity index (χ4v) is 3.98. The predicted molar refractivity (Wildman–Crippen MR) is 100 cm³/mol. The number of fused-ring (bicyclic) bond motifs is 1. The molecule has 0 bridgehead atoms. The normalized spacial score (nSPS) is 16.8. The van der Waals surface area contributed by atoms with Crippen LogP contribution in [-0.4, -0.2) is 43.6 Å². The van der Waals surface area contributed by atoms with E-state index in [2.05, 4.69) is 20.4 Å². The third-order valence-electron chi connectivity index (χ3n) is 4.42. The van der Waals surface area contributed by atoms with Crippen LogP contribution in [0.5, 0.6) is 0 Å². The van der Waals surface area contributed by atoms with Crippen LogP contribution in [0.2, 0.25) is 0 Å². The molecule has 0 aromatic carbocycles. The average molecular weight is 368 g/mol. The van der Waals surface area contributed by atoms with Gasteiger partial charge in [0.1, 0.15) is 0 Å². The Labute approximate surface area is 155 Å². The van der Waals surface area contributed by atoms with Crippen molar-refractivity contribution in [2.75, 3.05) is 18.4 Å². The molecule has 134 valence electrons. The fraction of sp³-hybridized carbons (Fsp3) is 0.333. The molecule has 3 aromatic rings. The topological polar surface area (TPSA) is 75.9 Å². The zero-order chi connectivity index (χ0) is 17.9. The summed E-state index contributed by atoms with van der Waals surface area (Å²) in [6, 6.07) is 7.67. The van der Waals surface area contributed by atoms with E-state index in [1.54, 1.807) is 36.0 Å². The minimum Gasteiger partial charge on any atom is -0.354 e. The Bertz CT molecular complexity index is 890. The lowest BCUT2D eigenvalue weighted by molar-refractivity contribution is 0.0729. The van der Waals surface area contributed by atoms with Gasteiger partial charge in [-0.1, -0.05) is 0 Å². The summed E-state index contributed by atoms with van der Waals surface area (Å²) >= 11 is 1.54. The van der Waals surface area contributed by atoms with Gasteiger partial charge < -0.3 is 10.2 Å². The van der Waals surface area contributed by atoms with Crippen molar-refractivity contribution in [1.82, 2.24) is 24.6 Å². The first kappa shape index (κ1) is 16.7. The number of aryl methyl sites for hydroxylation is 1. The molecule has 4 rings (SSSR count).